The van der Waals surface area contributed by atoms with Crippen LogP contribution < -0.4 is 10.6 Å². The number of aliphatic imine (C=N–C) groups is 1. The summed E-state index contributed by atoms with van der Waals surface area (Å²) in [5.41, 5.74) is 0. The first-order chi connectivity index (χ1) is 5.89. The Morgan fingerprint density at radius 1 is 1.50 bits per heavy atom. The highest BCUT2D eigenvalue weighted by Crippen LogP contribution is 1.83. The van der Waals surface area contributed by atoms with Gasteiger partial charge < -0.3 is 25.2 Å². The first-order valence-corrected chi connectivity index (χ1v) is 4.02. The van der Waals surface area contributed by atoms with Gasteiger partial charge in [0.15, 0.2) is 0 Å². The van der Waals surface area contributed by atoms with Gasteiger partial charge in [-0.05, 0) is 0 Å². The summed E-state index contributed by atoms with van der Waals surface area (Å²) in [7, 11) is 0. The van der Waals surface area contributed by atoms with Crippen molar-refractivity contribution < 1.29 is 14.8 Å². The smallest absolute Gasteiger partial charge is 0.124 e. The summed E-state index contributed by atoms with van der Waals surface area (Å²) < 4.78 is 4.29. The van der Waals surface area contributed by atoms with Gasteiger partial charge >= 0.3 is 0 Å². The number of quaternary nitrogens is 1. The second kappa shape index (κ2) is 5.68. The van der Waals surface area contributed by atoms with E-state index in [4.69, 9.17) is 0 Å². The fraction of sp³-hybridized carbons (Fsp3) is 0.714. The van der Waals surface area contributed by atoms with Gasteiger partial charge in [-0.1, -0.05) is 0 Å². The van der Waals surface area contributed by atoms with Crippen LogP contribution >= 0.6 is 0 Å². The Balaban J connectivity index is 0.000000120. The molecule has 0 saturated carbocycles. The Morgan fingerprint density at radius 3 is 2.42 bits per heavy atom. The maximum absolute atomic E-state index is 9.89. The molecule has 2 aliphatic rings. The van der Waals surface area contributed by atoms with E-state index in [9.17, 15) is 4.79 Å². The topological polar surface area (TPSA) is 67.3 Å². The fourth-order valence-corrected chi connectivity index (χ4v) is 0.887. The molecule has 1 fully saturated rings. The average molecular weight is 171 g/mol. The minimum Gasteiger partial charge on any atom is -0.581 e. The Kier molecular flexibility index (Phi) is 4.33. The standard InChI is InChI=1S/C4H10N2.C3H2NO2/c1-2-6-4-3-5-1;5-3-1-6-2-4-3/h5-6H,1-4H2;1H2/q;-1/p+1. The quantitative estimate of drug-likeness (QED) is 0.399. The number of carbonyl (C=O) groups excluding carboxylic acids is 1. The number of amides is 1. The number of carbonyl (C=O) groups is 1. The van der Waals surface area contributed by atoms with Crippen LogP contribution in [0.15, 0.2) is 4.99 Å². The summed E-state index contributed by atoms with van der Waals surface area (Å²) in [5.74, 6) is -0.255. The lowest BCUT2D eigenvalue weighted by molar-refractivity contribution is -0.657. The van der Waals surface area contributed by atoms with E-state index in [2.05, 4.69) is 20.4 Å². The number of piperazine rings is 1. The molecule has 2 rings (SSSR count). The first-order valence-electron chi connectivity index (χ1n) is 4.02. The fourth-order valence-electron chi connectivity index (χ4n) is 0.887. The molecule has 0 bridgehead atoms. The van der Waals surface area contributed by atoms with E-state index in [1.165, 1.54) is 26.2 Å². The third kappa shape index (κ3) is 4.05. The second-order valence-corrected chi connectivity index (χ2v) is 2.50. The molecule has 68 valence electrons. The van der Waals surface area contributed by atoms with E-state index in [1.54, 1.807) is 0 Å². The summed E-state index contributed by atoms with van der Waals surface area (Å²) in [6, 6.07) is 0. The highest BCUT2D eigenvalue weighted by molar-refractivity contribution is 5.88. The summed E-state index contributed by atoms with van der Waals surface area (Å²) >= 11 is 0. The molecule has 2 heterocycles. The lowest BCUT2D eigenvalue weighted by atomic mass is 10.4. The third-order valence-electron chi connectivity index (χ3n) is 1.48. The molecule has 0 unspecified atom stereocenters. The van der Waals surface area contributed by atoms with E-state index in [0.29, 0.717) is 0 Å². The largest absolute Gasteiger partial charge is 0.581 e. The van der Waals surface area contributed by atoms with Gasteiger partial charge in [0, 0.05) is 19.5 Å². The van der Waals surface area contributed by atoms with Crippen molar-refractivity contribution in [2.75, 3.05) is 32.8 Å². The van der Waals surface area contributed by atoms with Crippen LogP contribution in [-0.4, -0.2) is 45.1 Å². The molecule has 0 radical (unpaired) electrons. The average Bonchev–Trinajstić information content (AvgIpc) is 2.60. The SMILES string of the molecule is C1C[NH2+]CCN1.O=C1CO[C-]=N1. The summed E-state index contributed by atoms with van der Waals surface area (Å²) in [5, 5.41) is 5.58. The van der Waals surface area contributed by atoms with Crippen molar-refractivity contribution >= 4 is 12.3 Å². The molecular weight excluding hydrogens is 158 g/mol. The van der Waals surface area contributed by atoms with Gasteiger partial charge in [-0.25, -0.2) is 0 Å². The van der Waals surface area contributed by atoms with Gasteiger partial charge in [0.25, 0.3) is 0 Å². The third-order valence-corrected chi connectivity index (χ3v) is 1.48. The molecule has 0 aromatic rings. The van der Waals surface area contributed by atoms with E-state index in [-0.39, 0.29) is 12.5 Å². The molecule has 2 aliphatic heterocycles. The van der Waals surface area contributed by atoms with Crippen molar-refractivity contribution in [1.29, 1.82) is 0 Å². The number of nitrogens with two attached hydrogens (primary N) is 1. The molecule has 12 heavy (non-hydrogen) atoms. The Bertz CT molecular complexity index is 155. The van der Waals surface area contributed by atoms with Gasteiger partial charge in [0.2, 0.25) is 0 Å². The summed E-state index contributed by atoms with van der Waals surface area (Å²) in [6.45, 7) is 4.99. The lowest BCUT2D eigenvalue weighted by Crippen LogP contribution is -2.89. The Labute approximate surface area is 71.2 Å². The van der Waals surface area contributed by atoms with E-state index in [1.807, 2.05) is 6.40 Å². The molecule has 0 aliphatic carbocycles. The van der Waals surface area contributed by atoms with Crippen molar-refractivity contribution in [2.45, 2.75) is 0 Å². The molecule has 5 heteroatoms. The molecule has 0 atom stereocenters. The van der Waals surface area contributed by atoms with Crippen LogP contribution in [-0.2, 0) is 9.53 Å². The first kappa shape index (κ1) is 9.15. The van der Waals surface area contributed by atoms with Crippen molar-refractivity contribution in [3.8, 4) is 0 Å². The van der Waals surface area contributed by atoms with Crippen LogP contribution in [0, 0.1) is 0 Å². The number of nitrogens with zero attached hydrogens (tertiary/aromatic N) is 1. The number of rotatable bonds is 0. The van der Waals surface area contributed by atoms with Crippen molar-refractivity contribution in [2.24, 2.45) is 4.99 Å². The van der Waals surface area contributed by atoms with Gasteiger partial charge in [0.05, 0.1) is 19.7 Å². The van der Waals surface area contributed by atoms with Crippen LogP contribution in [0.2, 0.25) is 0 Å². The summed E-state index contributed by atoms with van der Waals surface area (Å²) in [6.07, 6.45) is 2.05. The van der Waals surface area contributed by atoms with Crippen molar-refractivity contribution in [3.05, 3.63) is 0 Å². The number of ether oxygens (including phenoxy) is 1. The van der Waals surface area contributed by atoms with E-state index >= 15 is 0 Å². The van der Waals surface area contributed by atoms with Crippen molar-refractivity contribution in [1.82, 2.24) is 5.32 Å². The van der Waals surface area contributed by atoms with E-state index < -0.39 is 0 Å². The van der Waals surface area contributed by atoms with Crippen LogP contribution in [0.5, 0.6) is 0 Å². The normalized spacial score (nSPS) is 21.2. The molecular formula is C7H13N3O2. The number of hydrogen-bond acceptors (Lipinski definition) is 3. The molecule has 0 aromatic carbocycles. The molecule has 5 nitrogen and oxygen atoms in total. The maximum atomic E-state index is 9.89. The zero-order chi connectivity index (χ0) is 8.65. The monoisotopic (exact) mass is 171 g/mol. The number of hydrogen-bond donors (Lipinski definition) is 2. The van der Waals surface area contributed by atoms with Crippen LogP contribution in [0.25, 0.3) is 0 Å². The minimum atomic E-state index is -0.255. The minimum absolute atomic E-state index is 0.0694. The highest BCUT2D eigenvalue weighted by Gasteiger charge is 1.95. The second-order valence-electron chi connectivity index (χ2n) is 2.50. The van der Waals surface area contributed by atoms with Gasteiger partial charge in [-0.3, -0.25) is 0 Å². The number of nitrogens with one attached hydrogen (secondary N) is 1. The predicted molar refractivity (Wildman–Crippen MR) is 42.9 cm³/mol. The maximum Gasteiger partial charge on any atom is 0.124 e. The van der Waals surface area contributed by atoms with Gasteiger partial charge in [0.1, 0.15) is 5.91 Å². The lowest BCUT2D eigenvalue weighted by Gasteiger charge is -2.07. The van der Waals surface area contributed by atoms with Gasteiger partial charge in [-0.15, -0.1) is 0 Å². The molecule has 3 N–H and O–H groups in total. The highest BCUT2D eigenvalue weighted by atomic mass is 16.5. The predicted octanol–water partition coefficient (Wildman–Crippen LogP) is -2.40. The summed E-state index contributed by atoms with van der Waals surface area (Å²) in [4.78, 5) is 13.0. The van der Waals surface area contributed by atoms with E-state index in [0.717, 1.165) is 0 Å². The van der Waals surface area contributed by atoms with Crippen molar-refractivity contribution in [3.63, 3.8) is 0 Å². The zero-order valence-electron chi connectivity index (χ0n) is 6.88. The van der Waals surface area contributed by atoms with Crippen LogP contribution in [0.1, 0.15) is 0 Å². The van der Waals surface area contributed by atoms with Crippen LogP contribution in [0.4, 0.5) is 0 Å². The van der Waals surface area contributed by atoms with Gasteiger partial charge in [-0.2, -0.15) is 0 Å². The molecule has 0 spiro atoms. The zero-order valence-corrected chi connectivity index (χ0v) is 6.88. The molecule has 1 amide bonds. The molecule has 1 saturated heterocycles. The molecule has 0 aromatic heterocycles. The Hall–Kier alpha value is -0.940. The van der Waals surface area contributed by atoms with Crippen LogP contribution in [0.3, 0.4) is 0 Å². The Morgan fingerprint density at radius 2 is 2.25 bits per heavy atom.